The third-order valence-electron chi connectivity index (χ3n) is 7.30. The van der Waals surface area contributed by atoms with Gasteiger partial charge in [-0.05, 0) is 48.2 Å². The molecule has 9 heteroatoms. The molecule has 2 aliphatic heterocycles. The summed E-state index contributed by atoms with van der Waals surface area (Å²) in [5, 5.41) is 19.6. The van der Waals surface area contributed by atoms with E-state index in [-0.39, 0.29) is 17.2 Å². The van der Waals surface area contributed by atoms with Crippen LogP contribution in [0.25, 0.3) is 5.76 Å². The fourth-order valence-electron chi connectivity index (χ4n) is 4.95. The van der Waals surface area contributed by atoms with Crippen molar-refractivity contribution in [2.24, 2.45) is 0 Å². The average molecular weight is 543 g/mol. The Morgan fingerprint density at radius 1 is 1.00 bits per heavy atom. The van der Waals surface area contributed by atoms with Crippen LogP contribution in [0.1, 0.15) is 48.2 Å². The van der Waals surface area contributed by atoms with Gasteiger partial charge >= 0.3 is 5.91 Å². The predicted octanol–water partition coefficient (Wildman–Crippen LogP) is 4.25. The van der Waals surface area contributed by atoms with Gasteiger partial charge in [-0.25, -0.2) is 0 Å². The van der Waals surface area contributed by atoms with Gasteiger partial charge in [-0.2, -0.15) is 5.10 Å². The van der Waals surface area contributed by atoms with Gasteiger partial charge in [0.2, 0.25) is 0 Å². The summed E-state index contributed by atoms with van der Waals surface area (Å²) in [4.78, 5) is 30.3. The molecule has 0 spiro atoms. The van der Waals surface area contributed by atoms with Crippen LogP contribution in [0, 0.1) is 6.92 Å². The highest BCUT2D eigenvalue weighted by Gasteiger charge is 2.47. The van der Waals surface area contributed by atoms with Crippen LogP contribution in [0.2, 0.25) is 0 Å². The zero-order chi connectivity index (χ0) is 28.2. The molecule has 2 fully saturated rings. The third-order valence-corrected chi connectivity index (χ3v) is 7.30. The number of aliphatic hydroxyl groups excluding tert-OH is 1. The standard InChI is InChI=1S/C31H34N4O5/c1-20(2)22-5-7-24(8-6-22)29(36)27-28(35(31(38)30(27)37)26-13-4-21(3)32-33-26)23-9-11-25(12-10-23)40-19-16-34-14-17-39-18-15-34/h4-13,20,28,36H,14-19H2,1-3H3/b29-27+. The smallest absolute Gasteiger partial charge is 0.301 e. The van der Waals surface area contributed by atoms with Crippen LogP contribution in [0.15, 0.2) is 66.2 Å². The fourth-order valence-corrected chi connectivity index (χ4v) is 4.95. The maximum Gasteiger partial charge on any atom is 0.301 e. The van der Waals surface area contributed by atoms with Crippen molar-refractivity contribution < 1.29 is 24.2 Å². The van der Waals surface area contributed by atoms with Gasteiger partial charge in [0.15, 0.2) is 5.82 Å². The first-order valence-electron chi connectivity index (χ1n) is 13.6. The van der Waals surface area contributed by atoms with Crippen molar-refractivity contribution in [3.8, 4) is 5.75 Å². The molecular formula is C31H34N4O5. The SMILES string of the molecule is Cc1ccc(N2C(=O)C(=O)/C(=C(/O)c3ccc(C(C)C)cc3)C2c2ccc(OCCN3CCOCC3)cc2)nn1. The van der Waals surface area contributed by atoms with Crippen molar-refractivity contribution in [3.63, 3.8) is 0 Å². The highest BCUT2D eigenvalue weighted by Crippen LogP contribution is 2.42. The highest BCUT2D eigenvalue weighted by atomic mass is 16.5. The normalized spacial score (nSPS) is 19.4. The molecule has 3 heterocycles. The minimum atomic E-state index is -0.885. The number of aliphatic hydroxyl groups is 1. The molecule has 0 aliphatic carbocycles. The highest BCUT2D eigenvalue weighted by molar-refractivity contribution is 6.51. The first-order chi connectivity index (χ1) is 19.3. The number of ether oxygens (including phenoxy) is 2. The van der Waals surface area contributed by atoms with E-state index in [1.54, 1.807) is 31.2 Å². The van der Waals surface area contributed by atoms with E-state index in [2.05, 4.69) is 28.9 Å². The number of amides is 1. The lowest BCUT2D eigenvalue weighted by Gasteiger charge is -2.26. The van der Waals surface area contributed by atoms with E-state index >= 15 is 0 Å². The molecule has 1 N–H and O–H groups in total. The Balaban J connectivity index is 1.47. The molecule has 9 nitrogen and oxygen atoms in total. The second-order valence-corrected chi connectivity index (χ2v) is 10.4. The van der Waals surface area contributed by atoms with Crippen molar-refractivity contribution in [3.05, 3.63) is 88.6 Å². The van der Waals surface area contributed by atoms with Gasteiger partial charge in [-0.3, -0.25) is 19.4 Å². The number of nitrogens with zero attached hydrogens (tertiary/aromatic N) is 4. The van der Waals surface area contributed by atoms with Crippen molar-refractivity contribution >= 4 is 23.3 Å². The average Bonchev–Trinajstić information content (AvgIpc) is 3.24. The van der Waals surface area contributed by atoms with Crippen molar-refractivity contribution in [2.45, 2.75) is 32.7 Å². The van der Waals surface area contributed by atoms with Crippen LogP contribution in [0.4, 0.5) is 5.82 Å². The van der Waals surface area contributed by atoms with Gasteiger partial charge in [0, 0.05) is 25.2 Å². The van der Waals surface area contributed by atoms with Gasteiger partial charge < -0.3 is 14.6 Å². The molecule has 5 rings (SSSR count). The maximum atomic E-state index is 13.4. The second-order valence-electron chi connectivity index (χ2n) is 10.4. The number of rotatable bonds is 8. The van der Waals surface area contributed by atoms with Crippen LogP contribution in [-0.2, 0) is 14.3 Å². The monoisotopic (exact) mass is 542 g/mol. The number of aromatic nitrogens is 2. The summed E-state index contributed by atoms with van der Waals surface area (Å²) in [7, 11) is 0. The van der Waals surface area contributed by atoms with Crippen LogP contribution in [-0.4, -0.2) is 71.3 Å². The largest absolute Gasteiger partial charge is 0.507 e. The molecule has 40 heavy (non-hydrogen) atoms. The van der Waals surface area contributed by atoms with E-state index in [9.17, 15) is 14.7 Å². The molecule has 1 aromatic heterocycles. The molecule has 0 saturated carbocycles. The fraction of sp³-hybridized carbons (Fsp3) is 0.355. The molecule has 2 saturated heterocycles. The Morgan fingerprint density at radius 3 is 2.33 bits per heavy atom. The predicted molar refractivity (Wildman–Crippen MR) is 151 cm³/mol. The molecule has 3 aromatic rings. The summed E-state index contributed by atoms with van der Waals surface area (Å²) in [6.45, 7) is 10.5. The summed E-state index contributed by atoms with van der Waals surface area (Å²) >= 11 is 0. The van der Waals surface area contributed by atoms with Gasteiger partial charge in [0.05, 0.1) is 30.5 Å². The van der Waals surface area contributed by atoms with Crippen molar-refractivity contribution in [2.75, 3.05) is 44.4 Å². The Labute approximate surface area is 234 Å². The summed E-state index contributed by atoms with van der Waals surface area (Å²) in [6, 6.07) is 17.1. The Hall–Kier alpha value is -4.08. The third kappa shape index (κ3) is 5.76. The van der Waals surface area contributed by atoms with E-state index in [4.69, 9.17) is 9.47 Å². The summed E-state index contributed by atoms with van der Waals surface area (Å²) in [6.07, 6.45) is 0. The molecular weight excluding hydrogens is 508 g/mol. The van der Waals surface area contributed by atoms with Crippen LogP contribution >= 0.6 is 0 Å². The van der Waals surface area contributed by atoms with E-state index in [0.717, 1.165) is 38.4 Å². The van der Waals surface area contributed by atoms with Gasteiger partial charge in [0.25, 0.3) is 5.78 Å². The van der Waals surface area contributed by atoms with Gasteiger partial charge in [0.1, 0.15) is 18.1 Å². The van der Waals surface area contributed by atoms with Crippen molar-refractivity contribution in [1.82, 2.24) is 15.1 Å². The number of anilines is 1. The molecule has 2 aromatic carbocycles. The van der Waals surface area contributed by atoms with Crippen molar-refractivity contribution in [1.29, 1.82) is 0 Å². The summed E-state index contributed by atoms with van der Waals surface area (Å²) in [5.41, 5.74) is 2.90. The van der Waals surface area contributed by atoms with Crippen LogP contribution in [0.5, 0.6) is 5.75 Å². The topological polar surface area (TPSA) is 105 Å². The van der Waals surface area contributed by atoms with Gasteiger partial charge in [-0.1, -0.05) is 50.2 Å². The first kappa shape index (κ1) is 27.5. The zero-order valence-electron chi connectivity index (χ0n) is 23.0. The Kier molecular flexibility index (Phi) is 8.23. The molecule has 0 bridgehead atoms. The van der Waals surface area contributed by atoms with E-state index in [1.165, 1.54) is 4.90 Å². The molecule has 1 amide bonds. The number of carbonyl (C=O) groups excluding carboxylic acids is 2. The summed E-state index contributed by atoms with van der Waals surface area (Å²) < 4.78 is 11.3. The second kappa shape index (κ2) is 12.0. The van der Waals surface area contributed by atoms with E-state index in [1.807, 2.05) is 36.4 Å². The lowest BCUT2D eigenvalue weighted by molar-refractivity contribution is -0.132. The zero-order valence-corrected chi connectivity index (χ0v) is 23.0. The lowest BCUT2D eigenvalue weighted by Crippen LogP contribution is -2.38. The van der Waals surface area contributed by atoms with Crippen LogP contribution < -0.4 is 9.64 Å². The number of aryl methyl sites for hydroxylation is 1. The first-order valence-corrected chi connectivity index (χ1v) is 13.6. The number of benzene rings is 2. The van der Waals surface area contributed by atoms with E-state index in [0.29, 0.717) is 35.1 Å². The van der Waals surface area contributed by atoms with Gasteiger partial charge in [-0.15, -0.1) is 5.10 Å². The number of hydrogen-bond donors (Lipinski definition) is 1. The number of Topliss-reactive ketones (excluding diaryl/α,β-unsaturated/α-hetero) is 1. The maximum absolute atomic E-state index is 13.4. The Morgan fingerprint density at radius 2 is 1.70 bits per heavy atom. The van der Waals surface area contributed by atoms with Crippen LogP contribution in [0.3, 0.4) is 0 Å². The molecule has 2 aliphatic rings. The summed E-state index contributed by atoms with van der Waals surface area (Å²) in [5.74, 6) is -0.548. The van der Waals surface area contributed by atoms with E-state index < -0.39 is 17.7 Å². The number of carbonyl (C=O) groups is 2. The minimum Gasteiger partial charge on any atom is -0.507 e. The number of ketones is 1. The molecule has 208 valence electrons. The lowest BCUT2D eigenvalue weighted by atomic mass is 9.94. The molecule has 1 unspecified atom stereocenters. The Bertz CT molecular complexity index is 1380. The molecule has 1 atom stereocenters. The number of morpholine rings is 1. The number of hydrogen-bond acceptors (Lipinski definition) is 8. The quantitative estimate of drug-likeness (QED) is 0.256. The molecule has 0 radical (unpaired) electrons. The minimum absolute atomic E-state index is 0.00524.